The number of hydrogen-bond acceptors (Lipinski definition) is 4. The summed E-state index contributed by atoms with van der Waals surface area (Å²) in [7, 11) is 0. The van der Waals surface area contributed by atoms with Crippen molar-refractivity contribution in [1.82, 2.24) is 20.6 Å². The average molecular weight is 409 g/mol. The Morgan fingerprint density at radius 2 is 1.57 bits per heavy atom. The van der Waals surface area contributed by atoms with Crippen LogP contribution < -0.4 is 16.4 Å². The van der Waals surface area contributed by atoms with Crippen LogP contribution in [0.15, 0.2) is 29.1 Å². The third-order valence-electron chi connectivity index (χ3n) is 7.34. The lowest BCUT2D eigenvalue weighted by Crippen LogP contribution is -2.56. The molecule has 4 fully saturated rings. The first-order valence-corrected chi connectivity index (χ1v) is 11.0. The number of nitrogens with zero attached hydrogens (tertiary/aromatic N) is 2. The van der Waals surface area contributed by atoms with E-state index in [4.69, 9.17) is 0 Å². The maximum atomic E-state index is 13.1. The number of hydrazine groups is 1. The van der Waals surface area contributed by atoms with Crippen LogP contribution in [0.25, 0.3) is 10.8 Å². The van der Waals surface area contributed by atoms with Gasteiger partial charge in [-0.3, -0.25) is 25.2 Å². The maximum absolute atomic E-state index is 13.1. The van der Waals surface area contributed by atoms with E-state index in [1.165, 1.54) is 23.9 Å². The molecule has 4 aliphatic rings. The standard InChI is InChI=1S/C23H28N4O3/c1-13(2)27-21(29)18-6-4-3-5-17(18)19(26-27)20(28)24-25-22(30)23-10-14-7-15(11-23)9-16(8-14)12-23/h3-6,13-16H,7-12H2,1-2H3,(H,24,28)(H,25,30). The van der Waals surface area contributed by atoms with E-state index in [9.17, 15) is 14.4 Å². The fourth-order valence-corrected chi connectivity index (χ4v) is 6.42. The van der Waals surface area contributed by atoms with E-state index < -0.39 is 5.91 Å². The molecule has 158 valence electrons. The molecule has 6 rings (SSSR count). The molecular formula is C23H28N4O3. The van der Waals surface area contributed by atoms with Crippen molar-refractivity contribution in [3.05, 3.63) is 40.3 Å². The molecule has 2 amide bonds. The highest BCUT2D eigenvalue weighted by atomic mass is 16.2. The summed E-state index contributed by atoms with van der Waals surface area (Å²) in [6, 6.07) is 6.77. The van der Waals surface area contributed by atoms with Crippen molar-refractivity contribution in [1.29, 1.82) is 0 Å². The van der Waals surface area contributed by atoms with Crippen molar-refractivity contribution >= 4 is 22.6 Å². The monoisotopic (exact) mass is 408 g/mol. The van der Waals surface area contributed by atoms with Gasteiger partial charge in [0.1, 0.15) is 0 Å². The summed E-state index contributed by atoms with van der Waals surface area (Å²) >= 11 is 0. The van der Waals surface area contributed by atoms with Gasteiger partial charge in [0.15, 0.2) is 5.69 Å². The van der Waals surface area contributed by atoms with Gasteiger partial charge in [-0.05, 0) is 76.2 Å². The Bertz CT molecular complexity index is 1050. The lowest BCUT2D eigenvalue weighted by atomic mass is 9.49. The van der Waals surface area contributed by atoms with Crippen molar-refractivity contribution in [2.24, 2.45) is 23.2 Å². The SMILES string of the molecule is CC(C)n1nc(C(=O)NNC(=O)C23CC4CC(CC(C4)C2)C3)c2ccccc2c1=O. The van der Waals surface area contributed by atoms with Crippen LogP contribution in [0, 0.1) is 23.2 Å². The van der Waals surface area contributed by atoms with Gasteiger partial charge in [0.2, 0.25) is 5.91 Å². The van der Waals surface area contributed by atoms with Gasteiger partial charge in [-0.25, -0.2) is 4.68 Å². The van der Waals surface area contributed by atoms with Crippen molar-refractivity contribution < 1.29 is 9.59 Å². The van der Waals surface area contributed by atoms with E-state index in [0.29, 0.717) is 28.5 Å². The zero-order chi connectivity index (χ0) is 21.0. The first-order chi connectivity index (χ1) is 14.4. The zero-order valence-electron chi connectivity index (χ0n) is 17.5. The van der Waals surface area contributed by atoms with Crippen LogP contribution in [0.3, 0.4) is 0 Å². The highest BCUT2D eigenvalue weighted by molar-refractivity contribution is 6.05. The minimum Gasteiger partial charge on any atom is -0.273 e. The Morgan fingerprint density at radius 3 is 2.13 bits per heavy atom. The summed E-state index contributed by atoms with van der Waals surface area (Å²) < 4.78 is 1.32. The Labute approximate surface area is 175 Å². The van der Waals surface area contributed by atoms with Crippen LogP contribution in [-0.2, 0) is 4.79 Å². The van der Waals surface area contributed by atoms with Gasteiger partial charge in [0, 0.05) is 5.39 Å². The zero-order valence-corrected chi connectivity index (χ0v) is 17.5. The van der Waals surface area contributed by atoms with E-state index in [-0.39, 0.29) is 28.6 Å². The number of fused-ring (bicyclic) bond motifs is 1. The second-order valence-corrected chi connectivity index (χ2v) is 9.84. The molecular weight excluding hydrogens is 380 g/mol. The Hall–Kier alpha value is -2.70. The topological polar surface area (TPSA) is 93.1 Å². The number of nitrogens with one attached hydrogen (secondary N) is 2. The molecule has 0 aliphatic heterocycles. The van der Waals surface area contributed by atoms with E-state index >= 15 is 0 Å². The first-order valence-electron chi connectivity index (χ1n) is 11.0. The number of carbonyl (C=O) groups excluding carboxylic acids is 2. The number of hydrogen-bond donors (Lipinski definition) is 2. The largest absolute Gasteiger partial charge is 0.290 e. The van der Waals surface area contributed by atoms with Crippen molar-refractivity contribution in [3.63, 3.8) is 0 Å². The van der Waals surface area contributed by atoms with Crippen molar-refractivity contribution in [3.8, 4) is 0 Å². The molecule has 2 N–H and O–H groups in total. The van der Waals surface area contributed by atoms with Gasteiger partial charge < -0.3 is 0 Å². The summed E-state index contributed by atoms with van der Waals surface area (Å²) in [6.07, 6.45) is 6.56. The van der Waals surface area contributed by atoms with Gasteiger partial charge >= 0.3 is 0 Å². The fourth-order valence-electron chi connectivity index (χ4n) is 6.42. The number of carbonyl (C=O) groups is 2. The average Bonchev–Trinajstić information content (AvgIpc) is 2.71. The molecule has 0 atom stereocenters. The van der Waals surface area contributed by atoms with Crippen LogP contribution in [0.4, 0.5) is 0 Å². The normalized spacial score (nSPS) is 29.4. The van der Waals surface area contributed by atoms with E-state index in [1.807, 2.05) is 13.8 Å². The number of aromatic nitrogens is 2. The molecule has 4 saturated carbocycles. The second-order valence-electron chi connectivity index (χ2n) is 9.84. The minimum atomic E-state index is -0.501. The highest BCUT2D eigenvalue weighted by Crippen LogP contribution is 2.60. The molecule has 4 bridgehead atoms. The molecule has 1 heterocycles. The van der Waals surface area contributed by atoms with Gasteiger partial charge in [0.25, 0.3) is 11.5 Å². The third kappa shape index (κ3) is 3.02. The second kappa shape index (κ2) is 6.93. The predicted octanol–water partition coefficient (Wildman–Crippen LogP) is 2.95. The minimum absolute atomic E-state index is 0.0727. The molecule has 0 unspecified atom stereocenters. The maximum Gasteiger partial charge on any atom is 0.290 e. The lowest BCUT2D eigenvalue weighted by Gasteiger charge is -2.55. The molecule has 0 spiro atoms. The van der Waals surface area contributed by atoms with Crippen LogP contribution in [-0.4, -0.2) is 21.6 Å². The van der Waals surface area contributed by atoms with E-state index in [2.05, 4.69) is 16.0 Å². The Balaban J connectivity index is 1.39. The molecule has 7 nitrogen and oxygen atoms in total. The smallest absolute Gasteiger partial charge is 0.273 e. The Morgan fingerprint density at radius 1 is 1.00 bits per heavy atom. The first kappa shape index (κ1) is 19.3. The molecule has 0 saturated heterocycles. The molecule has 30 heavy (non-hydrogen) atoms. The highest BCUT2D eigenvalue weighted by Gasteiger charge is 2.54. The summed E-state index contributed by atoms with van der Waals surface area (Å²) in [6.45, 7) is 3.69. The van der Waals surface area contributed by atoms with Crippen molar-refractivity contribution in [2.45, 2.75) is 58.4 Å². The van der Waals surface area contributed by atoms with E-state index in [0.717, 1.165) is 19.3 Å². The fraction of sp³-hybridized carbons (Fsp3) is 0.565. The van der Waals surface area contributed by atoms with Crippen LogP contribution >= 0.6 is 0 Å². The summed E-state index contributed by atoms with van der Waals surface area (Å²) in [4.78, 5) is 38.8. The van der Waals surface area contributed by atoms with Crippen LogP contribution in [0.5, 0.6) is 0 Å². The van der Waals surface area contributed by atoms with Gasteiger partial charge in [-0.2, -0.15) is 5.10 Å². The molecule has 1 aromatic carbocycles. The van der Waals surface area contributed by atoms with Crippen molar-refractivity contribution in [2.75, 3.05) is 0 Å². The molecule has 2 aromatic rings. The van der Waals surface area contributed by atoms with Crippen LogP contribution in [0.1, 0.15) is 68.9 Å². The quantitative estimate of drug-likeness (QED) is 0.764. The van der Waals surface area contributed by atoms with E-state index in [1.54, 1.807) is 24.3 Å². The molecule has 4 aliphatic carbocycles. The third-order valence-corrected chi connectivity index (χ3v) is 7.34. The number of amides is 2. The van der Waals surface area contributed by atoms with Gasteiger partial charge in [-0.15, -0.1) is 0 Å². The lowest BCUT2D eigenvalue weighted by molar-refractivity contribution is -0.147. The summed E-state index contributed by atoms with van der Waals surface area (Å²) in [5.74, 6) is 1.38. The molecule has 7 heteroatoms. The van der Waals surface area contributed by atoms with Gasteiger partial charge in [0.05, 0.1) is 16.8 Å². The number of rotatable bonds is 3. The molecule has 0 radical (unpaired) electrons. The molecule has 1 aromatic heterocycles. The van der Waals surface area contributed by atoms with Crippen LogP contribution in [0.2, 0.25) is 0 Å². The summed E-state index contributed by atoms with van der Waals surface area (Å²) in [5, 5.41) is 5.24. The number of benzene rings is 1. The summed E-state index contributed by atoms with van der Waals surface area (Å²) in [5.41, 5.74) is 4.86. The Kier molecular flexibility index (Phi) is 4.45. The van der Waals surface area contributed by atoms with Gasteiger partial charge in [-0.1, -0.05) is 18.2 Å². The predicted molar refractivity (Wildman–Crippen MR) is 113 cm³/mol.